The van der Waals surface area contributed by atoms with Gasteiger partial charge in [-0.05, 0) is 44.1 Å². The Morgan fingerprint density at radius 3 is 2.63 bits per heavy atom. The van der Waals surface area contributed by atoms with Crippen LogP contribution in [0.2, 0.25) is 0 Å². The Labute approximate surface area is 121 Å². The Kier molecular flexibility index (Phi) is 4.60. The summed E-state index contributed by atoms with van der Waals surface area (Å²) < 4.78 is 40.5. The summed E-state index contributed by atoms with van der Waals surface area (Å²) in [5.74, 6) is -0.719. The van der Waals surface area contributed by atoms with Gasteiger partial charge in [0, 0.05) is 17.6 Å². The second-order valence-corrected chi connectivity index (χ2v) is 7.46. The van der Waals surface area contributed by atoms with Gasteiger partial charge < -0.3 is 5.32 Å². The van der Waals surface area contributed by atoms with Gasteiger partial charge in [-0.3, -0.25) is 0 Å². The van der Waals surface area contributed by atoms with E-state index in [0.717, 1.165) is 32.0 Å². The molecule has 2 rings (SSSR count). The standard InChI is InChI=1S/C12H16BrFN2O2S/c1-16(10-4-6-15-7-5-10)19(17,18)12-8-9(13)2-3-11(12)14/h2-3,8,10,15H,4-7H2,1H3. The monoisotopic (exact) mass is 350 g/mol. The summed E-state index contributed by atoms with van der Waals surface area (Å²) in [5.41, 5.74) is 0. The van der Waals surface area contributed by atoms with Gasteiger partial charge >= 0.3 is 0 Å². The molecule has 1 aromatic rings. The Hall–Kier alpha value is -0.500. The number of rotatable bonds is 3. The molecule has 0 saturated carbocycles. The molecule has 0 amide bonds. The normalized spacial score (nSPS) is 17.9. The largest absolute Gasteiger partial charge is 0.317 e. The molecule has 1 aliphatic rings. The predicted octanol–water partition coefficient (Wildman–Crippen LogP) is 1.96. The summed E-state index contributed by atoms with van der Waals surface area (Å²) in [6.07, 6.45) is 1.48. The van der Waals surface area contributed by atoms with Crippen LogP contribution < -0.4 is 5.32 Å². The molecule has 0 spiro atoms. The minimum Gasteiger partial charge on any atom is -0.317 e. The maximum absolute atomic E-state index is 13.8. The Balaban J connectivity index is 2.33. The van der Waals surface area contributed by atoms with Crippen molar-refractivity contribution in [3.8, 4) is 0 Å². The van der Waals surface area contributed by atoms with Gasteiger partial charge in [0.05, 0.1) is 0 Å². The SMILES string of the molecule is CN(C1CCNCC1)S(=O)(=O)c1cc(Br)ccc1F. The number of halogens is 2. The van der Waals surface area contributed by atoms with E-state index < -0.39 is 15.8 Å². The first kappa shape index (κ1) is 14.9. The minimum atomic E-state index is -3.79. The topological polar surface area (TPSA) is 49.4 Å². The summed E-state index contributed by atoms with van der Waals surface area (Å²) in [7, 11) is -2.27. The fourth-order valence-electron chi connectivity index (χ4n) is 2.20. The highest BCUT2D eigenvalue weighted by molar-refractivity contribution is 9.10. The number of nitrogens with one attached hydrogen (secondary N) is 1. The van der Waals surface area contributed by atoms with Gasteiger partial charge in [0.1, 0.15) is 10.7 Å². The van der Waals surface area contributed by atoms with Crippen LogP contribution in [0.4, 0.5) is 4.39 Å². The highest BCUT2D eigenvalue weighted by Gasteiger charge is 2.31. The average molecular weight is 351 g/mol. The van der Waals surface area contributed by atoms with Crippen molar-refractivity contribution in [2.24, 2.45) is 0 Å². The van der Waals surface area contributed by atoms with Crippen molar-refractivity contribution in [3.05, 3.63) is 28.5 Å². The van der Waals surface area contributed by atoms with Crippen LogP contribution in [0.3, 0.4) is 0 Å². The zero-order chi connectivity index (χ0) is 14.0. The molecule has 106 valence electrons. The van der Waals surface area contributed by atoms with Gasteiger partial charge in [-0.15, -0.1) is 0 Å². The molecule has 0 atom stereocenters. The summed E-state index contributed by atoms with van der Waals surface area (Å²) >= 11 is 3.17. The van der Waals surface area contributed by atoms with Gasteiger partial charge in [-0.2, -0.15) is 4.31 Å². The number of benzene rings is 1. The molecule has 0 aromatic heterocycles. The Morgan fingerprint density at radius 1 is 1.37 bits per heavy atom. The fraction of sp³-hybridized carbons (Fsp3) is 0.500. The van der Waals surface area contributed by atoms with Crippen LogP contribution in [0.15, 0.2) is 27.6 Å². The third-order valence-electron chi connectivity index (χ3n) is 3.37. The lowest BCUT2D eigenvalue weighted by Crippen LogP contribution is -2.44. The molecule has 1 saturated heterocycles. The lowest BCUT2D eigenvalue weighted by Gasteiger charge is -2.30. The second kappa shape index (κ2) is 5.87. The van der Waals surface area contributed by atoms with Gasteiger partial charge in [0.2, 0.25) is 10.0 Å². The quantitative estimate of drug-likeness (QED) is 0.906. The maximum Gasteiger partial charge on any atom is 0.246 e. The van der Waals surface area contributed by atoms with E-state index in [9.17, 15) is 12.8 Å². The third-order valence-corrected chi connectivity index (χ3v) is 5.79. The van der Waals surface area contributed by atoms with Crippen molar-refractivity contribution < 1.29 is 12.8 Å². The minimum absolute atomic E-state index is 0.0790. The molecule has 19 heavy (non-hydrogen) atoms. The molecular formula is C12H16BrFN2O2S. The first-order valence-corrected chi connectivity index (χ1v) is 8.30. The zero-order valence-electron chi connectivity index (χ0n) is 10.6. The van der Waals surface area contributed by atoms with Gasteiger partial charge in [-0.1, -0.05) is 15.9 Å². The lowest BCUT2D eigenvalue weighted by molar-refractivity contribution is 0.295. The average Bonchev–Trinajstić information content (AvgIpc) is 2.41. The molecular weight excluding hydrogens is 335 g/mol. The molecule has 1 fully saturated rings. The van der Waals surface area contributed by atoms with E-state index in [1.165, 1.54) is 23.5 Å². The first-order valence-electron chi connectivity index (χ1n) is 6.07. The molecule has 0 unspecified atom stereocenters. The van der Waals surface area contributed by atoms with E-state index in [2.05, 4.69) is 21.2 Å². The van der Waals surface area contributed by atoms with E-state index in [4.69, 9.17) is 0 Å². The summed E-state index contributed by atoms with van der Waals surface area (Å²) in [4.78, 5) is -0.275. The van der Waals surface area contributed by atoms with Crippen LogP contribution in [0, 0.1) is 5.82 Å². The third kappa shape index (κ3) is 3.16. The number of sulfonamides is 1. The van der Waals surface area contributed by atoms with Crippen molar-refractivity contribution in [2.75, 3.05) is 20.1 Å². The van der Waals surface area contributed by atoms with E-state index in [-0.39, 0.29) is 10.9 Å². The predicted molar refractivity (Wildman–Crippen MR) is 74.9 cm³/mol. The zero-order valence-corrected chi connectivity index (χ0v) is 13.0. The summed E-state index contributed by atoms with van der Waals surface area (Å²) in [5, 5.41) is 3.18. The van der Waals surface area contributed by atoms with Gasteiger partial charge in [0.15, 0.2) is 0 Å². The summed E-state index contributed by atoms with van der Waals surface area (Å²) in [6.45, 7) is 1.57. The van der Waals surface area contributed by atoms with Crippen LogP contribution in [-0.2, 0) is 10.0 Å². The fourth-order valence-corrected chi connectivity index (χ4v) is 4.21. The Morgan fingerprint density at radius 2 is 2.00 bits per heavy atom. The lowest BCUT2D eigenvalue weighted by atomic mass is 10.1. The molecule has 1 heterocycles. The van der Waals surface area contributed by atoms with Gasteiger partial charge in [-0.25, -0.2) is 12.8 Å². The number of hydrogen-bond donors (Lipinski definition) is 1. The van der Waals surface area contributed by atoms with E-state index in [0.29, 0.717) is 4.47 Å². The van der Waals surface area contributed by atoms with Crippen molar-refractivity contribution in [1.82, 2.24) is 9.62 Å². The molecule has 1 aliphatic heterocycles. The van der Waals surface area contributed by atoms with E-state index >= 15 is 0 Å². The van der Waals surface area contributed by atoms with Crippen molar-refractivity contribution in [3.63, 3.8) is 0 Å². The molecule has 0 aliphatic carbocycles. The highest BCUT2D eigenvalue weighted by atomic mass is 79.9. The van der Waals surface area contributed by atoms with Crippen molar-refractivity contribution in [1.29, 1.82) is 0 Å². The maximum atomic E-state index is 13.8. The molecule has 4 nitrogen and oxygen atoms in total. The first-order chi connectivity index (χ1) is 8.93. The molecule has 1 aromatic carbocycles. The van der Waals surface area contributed by atoms with Crippen LogP contribution >= 0.6 is 15.9 Å². The smallest absolute Gasteiger partial charge is 0.246 e. The van der Waals surface area contributed by atoms with Crippen LogP contribution in [0.5, 0.6) is 0 Å². The molecule has 1 N–H and O–H groups in total. The Bertz CT molecular complexity index is 559. The molecule has 0 bridgehead atoms. The summed E-state index contributed by atoms with van der Waals surface area (Å²) in [6, 6.07) is 3.87. The van der Waals surface area contributed by atoms with Gasteiger partial charge in [0.25, 0.3) is 0 Å². The number of nitrogens with zero attached hydrogens (tertiary/aromatic N) is 1. The van der Waals surface area contributed by atoms with Crippen molar-refractivity contribution >= 4 is 26.0 Å². The molecule has 7 heteroatoms. The van der Waals surface area contributed by atoms with Crippen LogP contribution in [0.25, 0.3) is 0 Å². The van der Waals surface area contributed by atoms with Crippen LogP contribution in [-0.4, -0.2) is 38.9 Å². The highest BCUT2D eigenvalue weighted by Crippen LogP contribution is 2.25. The van der Waals surface area contributed by atoms with E-state index in [1.807, 2.05) is 0 Å². The number of hydrogen-bond acceptors (Lipinski definition) is 3. The number of piperidine rings is 1. The van der Waals surface area contributed by atoms with Crippen LogP contribution in [0.1, 0.15) is 12.8 Å². The molecule has 0 radical (unpaired) electrons. The van der Waals surface area contributed by atoms with Crippen molar-refractivity contribution in [2.45, 2.75) is 23.8 Å². The van der Waals surface area contributed by atoms with E-state index in [1.54, 1.807) is 0 Å². The second-order valence-electron chi connectivity index (χ2n) is 4.58.